The quantitative estimate of drug-likeness (QED) is 0.796. The lowest BCUT2D eigenvalue weighted by atomic mass is 10.1. The maximum atomic E-state index is 5.93. The van der Waals surface area contributed by atoms with Crippen molar-refractivity contribution in [2.45, 2.75) is 12.3 Å². The molecule has 0 amide bonds. The first-order chi connectivity index (χ1) is 7.63. The van der Waals surface area contributed by atoms with Crippen molar-refractivity contribution in [3.8, 4) is 11.4 Å². The van der Waals surface area contributed by atoms with Gasteiger partial charge in [-0.1, -0.05) is 27.5 Å². The van der Waals surface area contributed by atoms with Crippen LogP contribution in [0.15, 0.2) is 18.2 Å². The molecule has 0 unspecified atom stereocenters. The average Bonchev–Trinajstić information content (AvgIpc) is 2.60. The summed E-state index contributed by atoms with van der Waals surface area (Å²) in [4.78, 5) is 0. The molecule has 5 heteroatoms. The minimum absolute atomic E-state index is 0.698. The monoisotopic (exact) mass is 299 g/mol. The van der Waals surface area contributed by atoms with Crippen LogP contribution in [-0.4, -0.2) is 14.8 Å². The molecule has 1 heterocycles. The van der Waals surface area contributed by atoms with E-state index < -0.39 is 0 Å². The van der Waals surface area contributed by atoms with Crippen molar-refractivity contribution in [3.63, 3.8) is 0 Å². The molecule has 0 saturated carbocycles. The second kappa shape index (κ2) is 4.55. The SMILES string of the molecule is Cc1cc(Cl)ccc1-c1nnc(CBr)n1C. The molecule has 0 spiro atoms. The Hall–Kier alpha value is -0.870. The number of nitrogens with zero attached hydrogens (tertiary/aromatic N) is 3. The van der Waals surface area contributed by atoms with Crippen molar-refractivity contribution >= 4 is 27.5 Å². The van der Waals surface area contributed by atoms with Crippen LogP contribution in [0.3, 0.4) is 0 Å². The predicted octanol–water partition coefficient (Wildman–Crippen LogP) is 3.34. The third kappa shape index (κ3) is 1.99. The molecule has 0 aliphatic rings. The Labute approximate surface area is 108 Å². The van der Waals surface area contributed by atoms with Gasteiger partial charge in [-0.15, -0.1) is 10.2 Å². The summed E-state index contributed by atoms with van der Waals surface area (Å²) >= 11 is 9.31. The van der Waals surface area contributed by atoms with E-state index in [0.717, 1.165) is 27.8 Å². The second-order valence-corrected chi connectivity index (χ2v) is 4.59. The number of alkyl halides is 1. The summed E-state index contributed by atoms with van der Waals surface area (Å²) in [5, 5.41) is 9.73. The third-order valence-electron chi connectivity index (χ3n) is 2.51. The summed E-state index contributed by atoms with van der Waals surface area (Å²) in [5.41, 5.74) is 2.16. The summed E-state index contributed by atoms with van der Waals surface area (Å²) in [6, 6.07) is 5.77. The van der Waals surface area contributed by atoms with Gasteiger partial charge in [0.25, 0.3) is 0 Å². The molecule has 2 aromatic rings. The zero-order valence-electron chi connectivity index (χ0n) is 9.04. The number of benzene rings is 1. The van der Waals surface area contributed by atoms with Gasteiger partial charge in [0, 0.05) is 17.6 Å². The van der Waals surface area contributed by atoms with Gasteiger partial charge in [-0.3, -0.25) is 0 Å². The van der Waals surface area contributed by atoms with E-state index in [0.29, 0.717) is 5.33 Å². The highest BCUT2D eigenvalue weighted by Crippen LogP contribution is 2.24. The van der Waals surface area contributed by atoms with E-state index in [2.05, 4.69) is 26.1 Å². The lowest BCUT2D eigenvalue weighted by molar-refractivity contribution is 0.858. The molecule has 0 fully saturated rings. The van der Waals surface area contributed by atoms with E-state index >= 15 is 0 Å². The van der Waals surface area contributed by atoms with E-state index in [-0.39, 0.29) is 0 Å². The van der Waals surface area contributed by atoms with Crippen molar-refractivity contribution in [2.24, 2.45) is 7.05 Å². The van der Waals surface area contributed by atoms with Crippen molar-refractivity contribution < 1.29 is 0 Å². The van der Waals surface area contributed by atoms with Crippen LogP contribution >= 0.6 is 27.5 Å². The summed E-state index contributed by atoms with van der Waals surface area (Å²) in [6.07, 6.45) is 0. The number of aromatic nitrogens is 3. The molecule has 2 rings (SSSR count). The van der Waals surface area contributed by atoms with Crippen LogP contribution in [-0.2, 0) is 12.4 Å². The van der Waals surface area contributed by atoms with Crippen LogP contribution in [0.2, 0.25) is 5.02 Å². The zero-order valence-corrected chi connectivity index (χ0v) is 11.4. The van der Waals surface area contributed by atoms with E-state index in [9.17, 15) is 0 Å². The van der Waals surface area contributed by atoms with Gasteiger partial charge < -0.3 is 4.57 Å². The Balaban J connectivity index is 2.54. The molecule has 1 aromatic carbocycles. The molecule has 3 nitrogen and oxygen atoms in total. The van der Waals surface area contributed by atoms with E-state index in [1.165, 1.54) is 0 Å². The van der Waals surface area contributed by atoms with Crippen molar-refractivity contribution in [1.29, 1.82) is 0 Å². The smallest absolute Gasteiger partial charge is 0.163 e. The molecular weight excluding hydrogens is 289 g/mol. The van der Waals surface area contributed by atoms with Crippen LogP contribution in [0.1, 0.15) is 11.4 Å². The van der Waals surface area contributed by atoms with Crippen molar-refractivity contribution in [1.82, 2.24) is 14.8 Å². The first-order valence-electron chi connectivity index (χ1n) is 4.84. The molecule has 1 aromatic heterocycles. The van der Waals surface area contributed by atoms with Crippen LogP contribution in [0.25, 0.3) is 11.4 Å². The average molecular weight is 301 g/mol. The lowest BCUT2D eigenvalue weighted by Crippen LogP contribution is -1.98. The van der Waals surface area contributed by atoms with Crippen LogP contribution in [0.4, 0.5) is 0 Å². The number of halogens is 2. The van der Waals surface area contributed by atoms with E-state index in [1.807, 2.05) is 36.7 Å². The van der Waals surface area contributed by atoms with Crippen molar-refractivity contribution in [3.05, 3.63) is 34.6 Å². The van der Waals surface area contributed by atoms with Gasteiger partial charge in [-0.25, -0.2) is 0 Å². The Bertz CT molecular complexity index is 522. The fraction of sp³-hybridized carbons (Fsp3) is 0.273. The molecule has 0 aliphatic carbocycles. The van der Waals surface area contributed by atoms with Crippen molar-refractivity contribution in [2.75, 3.05) is 0 Å². The highest BCUT2D eigenvalue weighted by Gasteiger charge is 2.11. The van der Waals surface area contributed by atoms with Gasteiger partial charge in [0.1, 0.15) is 5.82 Å². The Kier molecular flexibility index (Phi) is 3.30. The largest absolute Gasteiger partial charge is 0.313 e. The summed E-state index contributed by atoms with van der Waals surface area (Å²) in [5.74, 6) is 1.77. The third-order valence-corrected chi connectivity index (χ3v) is 3.25. The van der Waals surface area contributed by atoms with Crippen LogP contribution in [0, 0.1) is 6.92 Å². The van der Waals surface area contributed by atoms with Gasteiger partial charge in [0.15, 0.2) is 5.82 Å². The normalized spacial score (nSPS) is 10.8. The van der Waals surface area contributed by atoms with Gasteiger partial charge in [-0.2, -0.15) is 0 Å². The lowest BCUT2D eigenvalue weighted by Gasteiger charge is -2.06. The molecule has 0 aliphatic heterocycles. The van der Waals surface area contributed by atoms with E-state index in [1.54, 1.807) is 0 Å². The number of aryl methyl sites for hydroxylation is 1. The molecule has 0 atom stereocenters. The Morgan fingerprint density at radius 2 is 2.12 bits per heavy atom. The van der Waals surface area contributed by atoms with Gasteiger partial charge >= 0.3 is 0 Å². The highest BCUT2D eigenvalue weighted by molar-refractivity contribution is 9.08. The Morgan fingerprint density at radius 1 is 1.38 bits per heavy atom. The maximum absolute atomic E-state index is 5.93. The minimum Gasteiger partial charge on any atom is -0.313 e. The number of hydrogen-bond donors (Lipinski definition) is 0. The topological polar surface area (TPSA) is 30.7 Å². The van der Waals surface area contributed by atoms with Gasteiger partial charge in [0.2, 0.25) is 0 Å². The fourth-order valence-corrected chi connectivity index (χ4v) is 2.31. The second-order valence-electron chi connectivity index (χ2n) is 3.59. The first kappa shape index (κ1) is 11.6. The van der Waals surface area contributed by atoms with Gasteiger partial charge in [-0.05, 0) is 30.7 Å². The molecule has 0 bridgehead atoms. The summed E-state index contributed by atoms with van der Waals surface area (Å²) in [6.45, 7) is 2.02. The molecule has 0 radical (unpaired) electrons. The molecule has 0 N–H and O–H groups in total. The minimum atomic E-state index is 0.698. The molecule has 0 saturated heterocycles. The van der Waals surface area contributed by atoms with E-state index in [4.69, 9.17) is 11.6 Å². The standard InChI is InChI=1S/C11H11BrClN3/c1-7-5-8(13)3-4-9(7)11-15-14-10(6-12)16(11)2/h3-5H,6H2,1-2H3. The summed E-state index contributed by atoms with van der Waals surface area (Å²) in [7, 11) is 1.96. The predicted molar refractivity (Wildman–Crippen MR) is 68.8 cm³/mol. The highest BCUT2D eigenvalue weighted by atomic mass is 79.9. The van der Waals surface area contributed by atoms with Crippen LogP contribution < -0.4 is 0 Å². The van der Waals surface area contributed by atoms with Crippen LogP contribution in [0.5, 0.6) is 0 Å². The zero-order chi connectivity index (χ0) is 11.7. The molecule has 16 heavy (non-hydrogen) atoms. The Morgan fingerprint density at radius 3 is 2.69 bits per heavy atom. The number of rotatable bonds is 2. The number of hydrogen-bond acceptors (Lipinski definition) is 2. The summed E-state index contributed by atoms with van der Waals surface area (Å²) < 4.78 is 1.98. The molecule has 84 valence electrons. The first-order valence-corrected chi connectivity index (χ1v) is 6.34. The molecular formula is C11H11BrClN3. The van der Waals surface area contributed by atoms with Gasteiger partial charge in [0.05, 0.1) is 5.33 Å². The fourth-order valence-electron chi connectivity index (χ4n) is 1.59. The maximum Gasteiger partial charge on any atom is 0.163 e.